The molecule has 16 heavy (non-hydrogen) atoms. The first-order valence-electron chi connectivity index (χ1n) is 5.50. The fourth-order valence-electron chi connectivity index (χ4n) is 1.58. The second kappa shape index (κ2) is 5.77. The zero-order valence-electron chi connectivity index (χ0n) is 9.39. The van der Waals surface area contributed by atoms with Crippen LogP contribution >= 0.6 is 11.3 Å². The van der Waals surface area contributed by atoms with Gasteiger partial charge in [0.2, 0.25) is 0 Å². The van der Waals surface area contributed by atoms with Gasteiger partial charge >= 0.3 is 0 Å². The molecule has 0 radical (unpaired) electrons. The van der Waals surface area contributed by atoms with Crippen molar-refractivity contribution in [3.05, 3.63) is 52.5 Å². The predicted octanol–water partition coefficient (Wildman–Crippen LogP) is 2.86. The summed E-state index contributed by atoms with van der Waals surface area (Å²) in [7, 11) is 0. The van der Waals surface area contributed by atoms with Gasteiger partial charge in [-0.15, -0.1) is 11.3 Å². The number of nitrogens with one attached hydrogen (secondary N) is 1. The van der Waals surface area contributed by atoms with E-state index < -0.39 is 0 Å². The van der Waals surface area contributed by atoms with E-state index >= 15 is 0 Å². The van der Waals surface area contributed by atoms with E-state index in [1.54, 1.807) is 0 Å². The highest BCUT2D eigenvalue weighted by atomic mass is 32.1. The fourth-order valence-corrected chi connectivity index (χ4v) is 2.42. The summed E-state index contributed by atoms with van der Waals surface area (Å²) in [5.41, 5.74) is 1.10. The molecule has 1 N–H and O–H groups in total. The van der Waals surface area contributed by atoms with Crippen LogP contribution in [-0.4, -0.2) is 11.0 Å². The molecule has 0 amide bonds. The molecule has 2 aromatic rings. The van der Waals surface area contributed by atoms with Crippen molar-refractivity contribution in [2.45, 2.75) is 25.9 Å². The molecule has 0 saturated heterocycles. The minimum absolute atomic E-state index is 0.487. The molecule has 3 heteroatoms. The molecule has 0 aliphatic heterocycles. The summed E-state index contributed by atoms with van der Waals surface area (Å²) in [6.45, 7) is 3.05. The van der Waals surface area contributed by atoms with E-state index in [1.807, 2.05) is 35.7 Å². The Bertz CT molecular complexity index is 397. The quantitative estimate of drug-likeness (QED) is 0.857. The SMILES string of the molecule is CC(Cc1cccs1)NCc1ccccn1. The standard InChI is InChI=1S/C13H16N2S/c1-11(9-13-6-4-8-16-13)15-10-12-5-2-3-7-14-12/h2-8,11,15H,9-10H2,1H3. The molecule has 2 nitrogen and oxygen atoms in total. The van der Waals surface area contributed by atoms with E-state index in [4.69, 9.17) is 0 Å². The van der Waals surface area contributed by atoms with Gasteiger partial charge in [0.15, 0.2) is 0 Å². The van der Waals surface area contributed by atoms with Crippen molar-refractivity contribution < 1.29 is 0 Å². The van der Waals surface area contributed by atoms with Crippen molar-refractivity contribution in [1.29, 1.82) is 0 Å². The lowest BCUT2D eigenvalue weighted by molar-refractivity contribution is 0.543. The molecule has 2 rings (SSSR count). The van der Waals surface area contributed by atoms with Crippen LogP contribution in [0.3, 0.4) is 0 Å². The summed E-state index contributed by atoms with van der Waals surface area (Å²) >= 11 is 1.82. The summed E-state index contributed by atoms with van der Waals surface area (Å²) in [5.74, 6) is 0. The number of pyridine rings is 1. The van der Waals surface area contributed by atoms with Crippen LogP contribution in [0.25, 0.3) is 0 Å². The summed E-state index contributed by atoms with van der Waals surface area (Å²) < 4.78 is 0. The normalized spacial score (nSPS) is 12.6. The number of nitrogens with zero attached hydrogens (tertiary/aromatic N) is 1. The first-order valence-corrected chi connectivity index (χ1v) is 6.38. The Balaban J connectivity index is 1.78. The molecule has 0 bridgehead atoms. The van der Waals surface area contributed by atoms with Gasteiger partial charge < -0.3 is 5.32 Å². The van der Waals surface area contributed by atoms with Crippen LogP contribution in [-0.2, 0) is 13.0 Å². The topological polar surface area (TPSA) is 24.9 Å². The smallest absolute Gasteiger partial charge is 0.0541 e. The van der Waals surface area contributed by atoms with Crippen molar-refractivity contribution in [3.63, 3.8) is 0 Å². The second-order valence-electron chi connectivity index (χ2n) is 3.89. The summed E-state index contributed by atoms with van der Waals surface area (Å²) in [6.07, 6.45) is 2.92. The average molecular weight is 232 g/mol. The highest BCUT2D eigenvalue weighted by Gasteiger charge is 2.03. The molecule has 0 aromatic carbocycles. The Morgan fingerprint density at radius 3 is 2.94 bits per heavy atom. The number of hydrogen-bond donors (Lipinski definition) is 1. The molecule has 2 heterocycles. The molecule has 0 fully saturated rings. The summed E-state index contributed by atoms with van der Waals surface area (Å²) in [5, 5.41) is 5.61. The summed E-state index contributed by atoms with van der Waals surface area (Å²) in [4.78, 5) is 5.72. The minimum Gasteiger partial charge on any atom is -0.308 e. The molecule has 84 valence electrons. The van der Waals surface area contributed by atoms with Crippen LogP contribution in [0.5, 0.6) is 0 Å². The lowest BCUT2D eigenvalue weighted by Crippen LogP contribution is -2.27. The van der Waals surface area contributed by atoms with Gasteiger partial charge in [-0.2, -0.15) is 0 Å². The molecule has 1 atom stereocenters. The monoisotopic (exact) mass is 232 g/mol. The van der Waals surface area contributed by atoms with Crippen LogP contribution in [0.15, 0.2) is 41.9 Å². The van der Waals surface area contributed by atoms with E-state index in [0.717, 1.165) is 18.7 Å². The van der Waals surface area contributed by atoms with E-state index in [2.05, 4.69) is 34.7 Å². The highest BCUT2D eigenvalue weighted by molar-refractivity contribution is 7.09. The molecule has 2 aromatic heterocycles. The molecular weight excluding hydrogens is 216 g/mol. The minimum atomic E-state index is 0.487. The molecule has 1 unspecified atom stereocenters. The molecular formula is C13H16N2S. The van der Waals surface area contributed by atoms with E-state index in [0.29, 0.717) is 6.04 Å². The maximum atomic E-state index is 4.29. The van der Waals surface area contributed by atoms with E-state index in [-0.39, 0.29) is 0 Å². The number of thiophene rings is 1. The van der Waals surface area contributed by atoms with E-state index in [9.17, 15) is 0 Å². The third kappa shape index (κ3) is 3.43. The zero-order valence-corrected chi connectivity index (χ0v) is 10.2. The van der Waals surface area contributed by atoms with Gasteiger partial charge in [-0.25, -0.2) is 0 Å². The lowest BCUT2D eigenvalue weighted by Gasteiger charge is -2.12. The van der Waals surface area contributed by atoms with Crippen LogP contribution in [0.1, 0.15) is 17.5 Å². The lowest BCUT2D eigenvalue weighted by atomic mass is 10.2. The number of aromatic nitrogens is 1. The zero-order chi connectivity index (χ0) is 11.2. The van der Waals surface area contributed by atoms with Gasteiger partial charge in [0.25, 0.3) is 0 Å². The molecule has 0 aliphatic carbocycles. The molecule has 0 saturated carbocycles. The third-order valence-corrected chi connectivity index (χ3v) is 3.34. The van der Waals surface area contributed by atoms with Crippen LogP contribution in [0.2, 0.25) is 0 Å². The van der Waals surface area contributed by atoms with Crippen LogP contribution in [0.4, 0.5) is 0 Å². The van der Waals surface area contributed by atoms with Gasteiger partial charge in [0.05, 0.1) is 5.69 Å². The van der Waals surface area contributed by atoms with Gasteiger partial charge in [0.1, 0.15) is 0 Å². The molecule has 0 spiro atoms. The Morgan fingerprint density at radius 2 is 2.25 bits per heavy atom. The average Bonchev–Trinajstić information content (AvgIpc) is 2.81. The Kier molecular flexibility index (Phi) is 4.08. The highest BCUT2D eigenvalue weighted by Crippen LogP contribution is 2.11. The van der Waals surface area contributed by atoms with Gasteiger partial charge in [-0.05, 0) is 36.9 Å². The maximum absolute atomic E-state index is 4.29. The van der Waals surface area contributed by atoms with Crippen molar-refractivity contribution in [1.82, 2.24) is 10.3 Å². The van der Waals surface area contributed by atoms with Crippen molar-refractivity contribution in [3.8, 4) is 0 Å². The largest absolute Gasteiger partial charge is 0.308 e. The Hall–Kier alpha value is -1.19. The molecule has 0 aliphatic rings. The summed E-state index contributed by atoms with van der Waals surface area (Å²) in [6, 6.07) is 10.8. The number of hydrogen-bond acceptors (Lipinski definition) is 3. The van der Waals surface area contributed by atoms with Gasteiger partial charge in [-0.3, -0.25) is 4.98 Å². The van der Waals surface area contributed by atoms with E-state index in [1.165, 1.54) is 4.88 Å². The van der Waals surface area contributed by atoms with Crippen LogP contribution < -0.4 is 5.32 Å². The first kappa shape index (κ1) is 11.3. The Morgan fingerprint density at radius 1 is 1.31 bits per heavy atom. The Labute approximate surface area is 100 Å². The second-order valence-corrected chi connectivity index (χ2v) is 4.92. The fraction of sp³-hybridized carbons (Fsp3) is 0.308. The van der Waals surface area contributed by atoms with Gasteiger partial charge in [0, 0.05) is 23.7 Å². The number of rotatable bonds is 5. The maximum Gasteiger partial charge on any atom is 0.0541 e. The predicted molar refractivity (Wildman–Crippen MR) is 68.6 cm³/mol. The van der Waals surface area contributed by atoms with Crippen molar-refractivity contribution >= 4 is 11.3 Å². The van der Waals surface area contributed by atoms with Crippen molar-refractivity contribution in [2.75, 3.05) is 0 Å². The third-order valence-electron chi connectivity index (χ3n) is 2.45. The van der Waals surface area contributed by atoms with Crippen molar-refractivity contribution in [2.24, 2.45) is 0 Å². The van der Waals surface area contributed by atoms with Gasteiger partial charge in [-0.1, -0.05) is 12.1 Å². The first-order chi connectivity index (χ1) is 7.84. The van der Waals surface area contributed by atoms with Crippen LogP contribution in [0, 0.1) is 0 Å².